The van der Waals surface area contributed by atoms with E-state index in [1.165, 1.54) is 26.4 Å². The molecule has 0 aromatic rings. The Bertz CT molecular complexity index is 343. The van der Waals surface area contributed by atoms with Crippen LogP contribution in [0.5, 0.6) is 0 Å². The summed E-state index contributed by atoms with van der Waals surface area (Å²) in [4.78, 5) is 23.3. The van der Waals surface area contributed by atoms with E-state index < -0.39 is 11.7 Å². The molecule has 1 aliphatic rings. The molecule has 5 nitrogen and oxygen atoms in total. The standard InChI is InChI=1S/C16H29NO4/c1-16(2,3)21-15(19)17-13(10-11-14(18)20-4)12-8-6-5-7-9-12/h12-13H,5-11H2,1-4H3,(H,17,19)/t13-/m0/s1. The van der Waals surface area contributed by atoms with Gasteiger partial charge in [0.1, 0.15) is 5.60 Å². The van der Waals surface area contributed by atoms with Gasteiger partial charge in [-0.1, -0.05) is 19.3 Å². The highest BCUT2D eigenvalue weighted by Gasteiger charge is 2.27. The second kappa shape index (κ2) is 8.25. The van der Waals surface area contributed by atoms with Crippen LogP contribution in [0.4, 0.5) is 4.79 Å². The maximum atomic E-state index is 12.0. The van der Waals surface area contributed by atoms with E-state index in [9.17, 15) is 9.59 Å². The molecule has 1 saturated carbocycles. The monoisotopic (exact) mass is 299 g/mol. The topological polar surface area (TPSA) is 64.6 Å². The van der Waals surface area contributed by atoms with Crippen molar-refractivity contribution in [2.45, 2.75) is 77.4 Å². The molecule has 1 fully saturated rings. The van der Waals surface area contributed by atoms with Crippen LogP contribution >= 0.6 is 0 Å². The highest BCUT2D eigenvalue weighted by Crippen LogP contribution is 2.28. The highest BCUT2D eigenvalue weighted by atomic mass is 16.6. The predicted molar refractivity (Wildman–Crippen MR) is 81.0 cm³/mol. The van der Waals surface area contributed by atoms with Gasteiger partial charge in [-0.25, -0.2) is 4.79 Å². The van der Waals surface area contributed by atoms with Crippen LogP contribution in [-0.4, -0.2) is 30.8 Å². The van der Waals surface area contributed by atoms with Gasteiger partial charge in [-0.2, -0.15) is 0 Å². The Morgan fingerprint density at radius 2 is 1.81 bits per heavy atom. The van der Waals surface area contributed by atoms with Crippen LogP contribution in [0, 0.1) is 5.92 Å². The number of amides is 1. The summed E-state index contributed by atoms with van der Waals surface area (Å²) in [5, 5.41) is 2.95. The van der Waals surface area contributed by atoms with E-state index in [0.717, 1.165) is 12.8 Å². The Morgan fingerprint density at radius 3 is 2.33 bits per heavy atom. The second-order valence-electron chi connectivity index (χ2n) is 6.77. The number of hydrogen-bond donors (Lipinski definition) is 1. The van der Waals surface area contributed by atoms with Crippen LogP contribution < -0.4 is 5.32 Å². The molecule has 21 heavy (non-hydrogen) atoms. The zero-order valence-corrected chi connectivity index (χ0v) is 13.7. The quantitative estimate of drug-likeness (QED) is 0.790. The van der Waals surface area contributed by atoms with Gasteiger partial charge < -0.3 is 14.8 Å². The summed E-state index contributed by atoms with van der Waals surface area (Å²) in [5.41, 5.74) is -0.510. The third-order valence-electron chi connectivity index (χ3n) is 3.81. The molecule has 0 spiro atoms. The maximum absolute atomic E-state index is 12.0. The van der Waals surface area contributed by atoms with E-state index in [1.807, 2.05) is 20.8 Å². The smallest absolute Gasteiger partial charge is 0.407 e. The minimum absolute atomic E-state index is 0.0146. The summed E-state index contributed by atoms with van der Waals surface area (Å²) < 4.78 is 10.0. The number of alkyl carbamates (subject to hydrolysis) is 1. The first kappa shape index (κ1) is 17.8. The first-order chi connectivity index (χ1) is 9.81. The van der Waals surface area contributed by atoms with Crippen molar-refractivity contribution < 1.29 is 19.1 Å². The van der Waals surface area contributed by atoms with Crippen molar-refractivity contribution in [1.82, 2.24) is 5.32 Å². The number of ether oxygens (including phenoxy) is 2. The summed E-state index contributed by atoms with van der Waals surface area (Å²) in [7, 11) is 1.39. The third-order valence-corrected chi connectivity index (χ3v) is 3.81. The van der Waals surface area contributed by atoms with Gasteiger partial charge in [-0.15, -0.1) is 0 Å². The summed E-state index contributed by atoms with van der Waals surface area (Å²) in [5.74, 6) is 0.192. The molecule has 1 aliphatic carbocycles. The SMILES string of the molecule is COC(=O)CC[C@H](NC(=O)OC(C)(C)C)C1CCCCC1. The lowest BCUT2D eigenvalue weighted by Crippen LogP contribution is -2.43. The summed E-state index contributed by atoms with van der Waals surface area (Å²) in [6, 6.07) is -0.0146. The second-order valence-corrected chi connectivity index (χ2v) is 6.77. The van der Waals surface area contributed by atoms with Crippen molar-refractivity contribution in [3.63, 3.8) is 0 Å². The van der Waals surface area contributed by atoms with E-state index in [2.05, 4.69) is 5.32 Å². The fraction of sp³-hybridized carbons (Fsp3) is 0.875. The molecule has 5 heteroatoms. The molecular weight excluding hydrogens is 270 g/mol. The largest absolute Gasteiger partial charge is 0.469 e. The summed E-state index contributed by atoms with van der Waals surface area (Å²) in [6.07, 6.45) is 6.37. The molecule has 1 rings (SSSR count). The van der Waals surface area contributed by atoms with Crippen molar-refractivity contribution in [3.05, 3.63) is 0 Å². The van der Waals surface area contributed by atoms with Gasteiger partial charge in [0.25, 0.3) is 0 Å². The number of methoxy groups -OCH3 is 1. The van der Waals surface area contributed by atoms with Gasteiger partial charge in [0.2, 0.25) is 0 Å². The molecule has 0 saturated heterocycles. The van der Waals surface area contributed by atoms with E-state index in [0.29, 0.717) is 18.8 Å². The maximum Gasteiger partial charge on any atom is 0.407 e. The minimum Gasteiger partial charge on any atom is -0.469 e. The molecule has 0 heterocycles. The van der Waals surface area contributed by atoms with E-state index in [1.54, 1.807) is 0 Å². The molecule has 0 aromatic heterocycles. The Kier molecular flexibility index (Phi) is 6.99. The number of esters is 1. The average molecular weight is 299 g/mol. The number of rotatable bonds is 5. The molecule has 0 aromatic carbocycles. The molecule has 122 valence electrons. The van der Waals surface area contributed by atoms with Gasteiger partial charge in [-0.3, -0.25) is 4.79 Å². The molecule has 1 N–H and O–H groups in total. The van der Waals surface area contributed by atoms with E-state index in [4.69, 9.17) is 9.47 Å². The molecule has 1 amide bonds. The third kappa shape index (κ3) is 7.34. The van der Waals surface area contributed by atoms with Gasteiger partial charge in [0.15, 0.2) is 0 Å². The lowest BCUT2D eigenvalue weighted by atomic mass is 9.82. The van der Waals surface area contributed by atoms with E-state index in [-0.39, 0.29) is 12.0 Å². The van der Waals surface area contributed by atoms with Crippen LogP contribution in [0.1, 0.15) is 65.7 Å². The Labute approximate surface area is 127 Å². The molecule has 0 bridgehead atoms. The van der Waals surface area contributed by atoms with Crippen LogP contribution in [0.15, 0.2) is 0 Å². The Hall–Kier alpha value is -1.26. The molecular formula is C16H29NO4. The normalized spacial score (nSPS) is 17.9. The van der Waals surface area contributed by atoms with Gasteiger partial charge in [0, 0.05) is 12.5 Å². The zero-order valence-electron chi connectivity index (χ0n) is 13.7. The van der Waals surface area contributed by atoms with Crippen molar-refractivity contribution in [2.24, 2.45) is 5.92 Å². The molecule has 0 aliphatic heterocycles. The Morgan fingerprint density at radius 1 is 1.19 bits per heavy atom. The first-order valence-corrected chi connectivity index (χ1v) is 7.88. The van der Waals surface area contributed by atoms with E-state index >= 15 is 0 Å². The van der Waals surface area contributed by atoms with Crippen molar-refractivity contribution in [3.8, 4) is 0 Å². The fourth-order valence-corrected chi connectivity index (χ4v) is 2.80. The molecule has 0 unspecified atom stereocenters. The number of carbonyl (C=O) groups excluding carboxylic acids is 2. The lowest BCUT2D eigenvalue weighted by Gasteiger charge is -2.31. The lowest BCUT2D eigenvalue weighted by molar-refractivity contribution is -0.140. The fourth-order valence-electron chi connectivity index (χ4n) is 2.80. The van der Waals surface area contributed by atoms with Crippen molar-refractivity contribution >= 4 is 12.1 Å². The number of nitrogens with one attached hydrogen (secondary N) is 1. The van der Waals surface area contributed by atoms with Gasteiger partial charge >= 0.3 is 12.1 Å². The van der Waals surface area contributed by atoms with Gasteiger partial charge in [-0.05, 0) is 46.0 Å². The first-order valence-electron chi connectivity index (χ1n) is 7.88. The minimum atomic E-state index is -0.510. The number of carbonyl (C=O) groups is 2. The molecule has 1 atom stereocenters. The van der Waals surface area contributed by atoms with Crippen LogP contribution in [0.25, 0.3) is 0 Å². The van der Waals surface area contributed by atoms with Crippen molar-refractivity contribution in [2.75, 3.05) is 7.11 Å². The van der Waals surface area contributed by atoms with Crippen LogP contribution in [0.2, 0.25) is 0 Å². The van der Waals surface area contributed by atoms with Crippen molar-refractivity contribution in [1.29, 1.82) is 0 Å². The molecule has 0 radical (unpaired) electrons. The zero-order chi connectivity index (χ0) is 15.9. The highest BCUT2D eigenvalue weighted by molar-refractivity contribution is 5.70. The predicted octanol–water partition coefficient (Wildman–Crippen LogP) is 3.41. The summed E-state index contributed by atoms with van der Waals surface area (Å²) >= 11 is 0. The van der Waals surface area contributed by atoms with Crippen LogP contribution in [-0.2, 0) is 14.3 Å². The average Bonchev–Trinajstić information content (AvgIpc) is 2.42. The number of hydrogen-bond acceptors (Lipinski definition) is 4. The van der Waals surface area contributed by atoms with Crippen LogP contribution in [0.3, 0.4) is 0 Å². The Balaban J connectivity index is 2.57. The summed E-state index contributed by atoms with van der Waals surface area (Å²) in [6.45, 7) is 5.53. The van der Waals surface area contributed by atoms with Gasteiger partial charge in [0.05, 0.1) is 7.11 Å².